The van der Waals surface area contributed by atoms with E-state index in [9.17, 15) is 0 Å². The molecule has 0 aliphatic heterocycles. The molecule has 0 aliphatic rings. The summed E-state index contributed by atoms with van der Waals surface area (Å²) in [5.74, 6) is 0. The van der Waals surface area contributed by atoms with Gasteiger partial charge in [0.2, 0.25) is 0 Å². The lowest BCUT2D eigenvalue weighted by Gasteiger charge is -2.30. The van der Waals surface area contributed by atoms with Crippen LogP contribution in [0.1, 0.15) is 40.3 Å². The number of para-hydroxylation sites is 1. The zero-order valence-corrected chi connectivity index (χ0v) is 21.3. The van der Waals surface area contributed by atoms with Gasteiger partial charge in [0, 0.05) is 11.4 Å². The Bertz CT molecular complexity index is 1310. The van der Waals surface area contributed by atoms with E-state index in [-0.39, 0.29) is 0 Å². The van der Waals surface area contributed by atoms with Crippen molar-refractivity contribution in [1.82, 2.24) is 0 Å². The zero-order valence-electron chi connectivity index (χ0n) is 21.3. The summed E-state index contributed by atoms with van der Waals surface area (Å²) in [7, 11) is 0. The van der Waals surface area contributed by atoms with Crippen LogP contribution in [0.2, 0.25) is 0 Å². The largest absolute Gasteiger partial charge is 0.310 e. The van der Waals surface area contributed by atoms with E-state index in [0.29, 0.717) is 0 Å². The minimum Gasteiger partial charge on any atom is -0.310 e. The Labute approximate surface area is 211 Å². The highest BCUT2D eigenvalue weighted by atomic mass is 15.1. The molecule has 0 spiro atoms. The van der Waals surface area contributed by atoms with E-state index in [1.165, 1.54) is 50.4 Å². The van der Waals surface area contributed by atoms with Crippen LogP contribution >= 0.6 is 0 Å². The van der Waals surface area contributed by atoms with Crippen molar-refractivity contribution >= 4 is 23.1 Å². The summed E-state index contributed by atoms with van der Waals surface area (Å²) in [6.07, 6.45) is 10.5. The Balaban J connectivity index is 1.61. The molecule has 35 heavy (non-hydrogen) atoms. The van der Waals surface area contributed by atoms with Gasteiger partial charge in [-0.2, -0.15) is 0 Å². The van der Waals surface area contributed by atoms with Crippen LogP contribution < -0.4 is 4.90 Å². The van der Waals surface area contributed by atoms with Gasteiger partial charge in [-0.1, -0.05) is 110 Å². The van der Waals surface area contributed by atoms with Crippen molar-refractivity contribution in [1.29, 1.82) is 0 Å². The number of nitrogens with zero attached hydrogens (tertiary/aromatic N) is 1. The molecule has 0 amide bonds. The predicted molar refractivity (Wildman–Crippen MR) is 153 cm³/mol. The molecule has 176 valence electrons. The van der Waals surface area contributed by atoms with E-state index in [1.54, 1.807) is 0 Å². The molecule has 0 atom stereocenters. The average molecular weight is 458 g/mol. The molecule has 4 rings (SSSR count). The molecular formula is C34H35N. The van der Waals surface area contributed by atoms with Crippen LogP contribution in [0, 0.1) is 20.8 Å². The SMILES string of the molecule is CCc1cccc(C)c1N(c1ccc(C/C=C/C=C/c2ccccc2)cc1)c1ccc(C)cc1C. The minimum absolute atomic E-state index is 0.910. The maximum atomic E-state index is 2.44. The molecule has 0 fully saturated rings. The lowest BCUT2D eigenvalue weighted by Crippen LogP contribution is -2.15. The number of benzene rings is 4. The zero-order chi connectivity index (χ0) is 24.6. The fourth-order valence-corrected chi connectivity index (χ4v) is 4.56. The van der Waals surface area contributed by atoms with Crippen molar-refractivity contribution in [3.8, 4) is 0 Å². The number of hydrogen-bond acceptors (Lipinski definition) is 1. The Morgan fingerprint density at radius 1 is 0.714 bits per heavy atom. The third-order valence-corrected chi connectivity index (χ3v) is 6.40. The quantitative estimate of drug-likeness (QED) is 0.238. The van der Waals surface area contributed by atoms with Crippen molar-refractivity contribution in [2.75, 3.05) is 4.90 Å². The lowest BCUT2D eigenvalue weighted by molar-refractivity contribution is 1.10. The van der Waals surface area contributed by atoms with Crippen molar-refractivity contribution in [3.05, 3.63) is 143 Å². The van der Waals surface area contributed by atoms with Gasteiger partial charge in [0.05, 0.1) is 5.69 Å². The van der Waals surface area contributed by atoms with Gasteiger partial charge < -0.3 is 4.90 Å². The number of aryl methyl sites for hydroxylation is 4. The maximum absolute atomic E-state index is 2.44. The molecule has 0 radical (unpaired) electrons. The van der Waals surface area contributed by atoms with E-state index >= 15 is 0 Å². The number of anilines is 3. The second-order valence-electron chi connectivity index (χ2n) is 9.13. The van der Waals surface area contributed by atoms with Crippen molar-refractivity contribution in [2.45, 2.75) is 40.5 Å². The molecule has 4 aromatic carbocycles. The van der Waals surface area contributed by atoms with E-state index in [2.05, 4.69) is 142 Å². The number of rotatable bonds is 8. The van der Waals surface area contributed by atoms with Gasteiger partial charge >= 0.3 is 0 Å². The molecule has 0 saturated heterocycles. The molecule has 0 N–H and O–H groups in total. The Hall–Kier alpha value is -3.84. The third-order valence-electron chi connectivity index (χ3n) is 6.40. The van der Waals surface area contributed by atoms with Crippen LogP contribution in [0.25, 0.3) is 6.08 Å². The van der Waals surface area contributed by atoms with E-state index in [1.807, 2.05) is 6.07 Å². The lowest BCUT2D eigenvalue weighted by atomic mass is 10.0. The average Bonchev–Trinajstić information content (AvgIpc) is 2.87. The number of allylic oxidation sites excluding steroid dienone is 3. The van der Waals surface area contributed by atoms with Gasteiger partial charge in [0.15, 0.2) is 0 Å². The number of hydrogen-bond donors (Lipinski definition) is 0. The second kappa shape index (κ2) is 11.5. The molecule has 4 aromatic rings. The predicted octanol–water partition coefficient (Wildman–Crippen LogP) is 9.46. The highest BCUT2D eigenvalue weighted by molar-refractivity contribution is 5.82. The van der Waals surface area contributed by atoms with Crippen LogP contribution in [-0.2, 0) is 12.8 Å². The van der Waals surface area contributed by atoms with Crippen LogP contribution in [0.3, 0.4) is 0 Å². The van der Waals surface area contributed by atoms with Crippen LogP contribution in [0.5, 0.6) is 0 Å². The van der Waals surface area contributed by atoms with Crippen molar-refractivity contribution < 1.29 is 0 Å². The van der Waals surface area contributed by atoms with Crippen LogP contribution in [-0.4, -0.2) is 0 Å². The maximum Gasteiger partial charge on any atom is 0.0522 e. The fraction of sp³-hybridized carbons (Fsp3) is 0.176. The fourth-order valence-electron chi connectivity index (χ4n) is 4.56. The monoisotopic (exact) mass is 457 g/mol. The molecule has 0 heterocycles. The summed E-state index contributed by atoms with van der Waals surface area (Å²) in [5.41, 5.74) is 11.5. The van der Waals surface area contributed by atoms with E-state index < -0.39 is 0 Å². The second-order valence-corrected chi connectivity index (χ2v) is 9.13. The summed E-state index contributed by atoms with van der Waals surface area (Å²) in [4.78, 5) is 2.44. The Kier molecular flexibility index (Phi) is 8.00. The van der Waals surface area contributed by atoms with Gasteiger partial charge in [0.25, 0.3) is 0 Å². The molecule has 1 nitrogen and oxygen atoms in total. The standard InChI is InChI=1S/C34H35N/c1-5-31-18-12-13-27(3)34(31)35(33-24-19-26(2)25-28(33)4)32-22-20-30(21-23-32)17-11-7-10-16-29-14-8-6-9-15-29/h6-16,18-25H,5,17H2,1-4H3/b11-7+,16-10+. The highest BCUT2D eigenvalue weighted by Gasteiger charge is 2.19. The summed E-state index contributed by atoms with van der Waals surface area (Å²) in [6.45, 7) is 8.82. The smallest absolute Gasteiger partial charge is 0.0522 e. The Morgan fingerprint density at radius 2 is 1.49 bits per heavy atom. The van der Waals surface area contributed by atoms with Crippen LogP contribution in [0.15, 0.2) is 109 Å². The van der Waals surface area contributed by atoms with Crippen molar-refractivity contribution in [2.24, 2.45) is 0 Å². The first-order chi connectivity index (χ1) is 17.1. The first-order valence-corrected chi connectivity index (χ1v) is 12.5. The van der Waals surface area contributed by atoms with E-state index in [4.69, 9.17) is 0 Å². The first-order valence-electron chi connectivity index (χ1n) is 12.5. The summed E-state index contributed by atoms with van der Waals surface area (Å²) in [6, 6.07) is 32.8. The first kappa shape index (κ1) is 24.3. The molecule has 0 aromatic heterocycles. The topological polar surface area (TPSA) is 3.24 Å². The van der Waals surface area contributed by atoms with Gasteiger partial charge in [-0.15, -0.1) is 0 Å². The van der Waals surface area contributed by atoms with E-state index in [0.717, 1.165) is 12.8 Å². The molecule has 0 unspecified atom stereocenters. The van der Waals surface area contributed by atoms with Crippen LogP contribution in [0.4, 0.5) is 17.1 Å². The van der Waals surface area contributed by atoms with Gasteiger partial charge in [-0.05, 0) is 79.6 Å². The molecule has 0 bridgehead atoms. The molecular weight excluding hydrogens is 422 g/mol. The normalized spacial score (nSPS) is 11.4. The summed E-state index contributed by atoms with van der Waals surface area (Å²) < 4.78 is 0. The molecule has 0 saturated carbocycles. The van der Waals surface area contributed by atoms with Gasteiger partial charge in [0.1, 0.15) is 0 Å². The minimum atomic E-state index is 0.910. The third kappa shape index (κ3) is 6.00. The van der Waals surface area contributed by atoms with Crippen molar-refractivity contribution in [3.63, 3.8) is 0 Å². The highest BCUT2D eigenvalue weighted by Crippen LogP contribution is 2.40. The summed E-state index contributed by atoms with van der Waals surface area (Å²) in [5, 5.41) is 0. The Morgan fingerprint density at radius 3 is 2.20 bits per heavy atom. The summed E-state index contributed by atoms with van der Waals surface area (Å²) >= 11 is 0. The van der Waals surface area contributed by atoms with Gasteiger partial charge in [-0.3, -0.25) is 0 Å². The molecule has 1 heteroatoms. The molecule has 0 aliphatic carbocycles. The van der Waals surface area contributed by atoms with Gasteiger partial charge in [-0.25, -0.2) is 0 Å².